The summed E-state index contributed by atoms with van der Waals surface area (Å²) in [6.45, 7) is 5.64. The Balaban J connectivity index is 2.18. The molecular formula is C16H25N. The van der Waals surface area contributed by atoms with E-state index in [1.165, 1.54) is 44.1 Å². The van der Waals surface area contributed by atoms with Gasteiger partial charge in [0.05, 0.1) is 0 Å². The molecule has 1 nitrogen and oxygen atoms in total. The smallest absolute Gasteiger partial charge is 0.0323 e. The van der Waals surface area contributed by atoms with E-state index in [1.54, 1.807) is 11.1 Å². The third-order valence-corrected chi connectivity index (χ3v) is 3.70. The quantitative estimate of drug-likeness (QED) is 0.807. The van der Waals surface area contributed by atoms with Gasteiger partial charge in [0.15, 0.2) is 0 Å². The molecule has 1 atom stereocenters. The van der Waals surface area contributed by atoms with Crippen molar-refractivity contribution in [1.29, 1.82) is 0 Å². The Morgan fingerprint density at radius 2 is 2.12 bits per heavy atom. The average Bonchev–Trinajstić information content (AvgIpc) is 2.36. The van der Waals surface area contributed by atoms with Crippen LogP contribution in [0.3, 0.4) is 0 Å². The molecule has 1 aromatic rings. The topological polar surface area (TPSA) is 12.0 Å². The summed E-state index contributed by atoms with van der Waals surface area (Å²) in [6, 6.07) is 7.74. The Bertz CT molecular complexity index is 357. The second kappa shape index (κ2) is 6.20. The zero-order chi connectivity index (χ0) is 12.1. The molecule has 0 bridgehead atoms. The van der Waals surface area contributed by atoms with Gasteiger partial charge in [-0.25, -0.2) is 0 Å². The number of benzene rings is 1. The van der Waals surface area contributed by atoms with Crippen molar-refractivity contribution in [2.24, 2.45) is 0 Å². The molecule has 1 aromatic carbocycles. The lowest BCUT2D eigenvalue weighted by Crippen LogP contribution is -2.26. The lowest BCUT2D eigenvalue weighted by Gasteiger charge is -2.27. The second-order valence-electron chi connectivity index (χ2n) is 5.18. The predicted molar refractivity (Wildman–Crippen MR) is 74.4 cm³/mol. The zero-order valence-electron chi connectivity index (χ0n) is 11.3. The third-order valence-electron chi connectivity index (χ3n) is 3.70. The first-order chi connectivity index (χ1) is 8.35. The Kier molecular flexibility index (Phi) is 4.61. The summed E-state index contributed by atoms with van der Waals surface area (Å²) in [5, 5.41) is 3.70. The molecule has 2 rings (SSSR count). The van der Waals surface area contributed by atoms with Crippen LogP contribution in [0.4, 0.5) is 0 Å². The van der Waals surface area contributed by atoms with Gasteiger partial charge in [-0.15, -0.1) is 0 Å². The van der Waals surface area contributed by atoms with Gasteiger partial charge >= 0.3 is 0 Å². The summed E-state index contributed by atoms with van der Waals surface area (Å²) in [5.41, 5.74) is 4.66. The molecule has 0 fully saturated rings. The molecule has 0 saturated heterocycles. The number of aryl methyl sites for hydroxylation is 2. The maximum absolute atomic E-state index is 3.70. The highest BCUT2D eigenvalue weighted by atomic mass is 14.9. The van der Waals surface area contributed by atoms with Gasteiger partial charge in [0.25, 0.3) is 0 Å². The van der Waals surface area contributed by atoms with Crippen molar-refractivity contribution < 1.29 is 0 Å². The molecule has 0 heterocycles. The van der Waals surface area contributed by atoms with Gasteiger partial charge in [0.2, 0.25) is 0 Å². The fourth-order valence-electron chi connectivity index (χ4n) is 2.82. The first kappa shape index (κ1) is 12.6. The molecule has 1 heteroatoms. The molecule has 0 saturated carbocycles. The maximum Gasteiger partial charge on any atom is 0.0323 e. The van der Waals surface area contributed by atoms with E-state index in [0.717, 1.165) is 6.54 Å². The highest BCUT2D eigenvalue weighted by Gasteiger charge is 2.19. The SMILES string of the molecule is CCCNC1CCCc2ccc(CCC)cc21. The van der Waals surface area contributed by atoms with Crippen LogP contribution in [-0.2, 0) is 12.8 Å². The van der Waals surface area contributed by atoms with Crippen molar-refractivity contribution >= 4 is 0 Å². The van der Waals surface area contributed by atoms with Crippen LogP contribution in [0.1, 0.15) is 62.3 Å². The first-order valence-electron chi connectivity index (χ1n) is 7.20. The Hall–Kier alpha value is -0.820. The lowest BCUT2D eigenvalue weighted by molar-refractivity contribution is 0.460. The molecule has 1 unspecified atom stereocenters. The van der Waals surface area contributed by atoms with E-state index in [9.17, 15) is 0 Å². The third kappa shape index (κ3) is 3.10. The number of fused-ring (bicyclic) bond motifs is 1. The van der Waals surface area contributed by atoms with Crippen molar-refractivity contribution in [2.75, 3.05) is 6.54 Å². The highest BCUT2D eigenvalue weighted by Crippen LogP contribution is 2.30. The molecule has 17 heavy (non-hydrogen) atoms. The van der Waals surface area contributed by atoms with Crippen LogP contribution in [0.25, 0.3) is 0 Å². The molecule has 0 aromatic heterocycles. The predicted octanol–water partition coefficient (Wildman–Crippen LogP) is 4.02. The first-order valence-corrected chi connectivity index (χ1v) is 7.20. The highest BCUT2D eigenvalue weighted by molar-refractivity contribution is 5.36. The number of rotatable bonds is 5. The average molecular weight is 231 g/mol. The standard InChI is InChI=1S/C16H25N/c1-3-6-13-9-10-14-7-5-8-16(15(14)12-13)17-11-4-2/h9-10,12,16-17H,3-8,11H2,1-2H3. The fraction of sp³-hybridized carbons (Fsp3) is 0.625. The molecule has 1 aliphatic carbocycles. The summed E-state index contributed by atoms with van der Waals surface area (Å²) in [4.78, 5) is 0. The van der Waals surface area contributed by atoms with Crippen LogP contribution in [0.2, 0.25) is 0 Å². The Morgan fingerprint density at radius 3 is 2.88 bits per heavy atom. The van der Waals surface area contributed by atoms with E-state index in [2.05, 4.69) is 37.4 Å². The van der Waals surface area contributed by atoms with Crippen molar-refractivity contribution in [3.8, 4) is 0 Å². The van der Waals surface area contributed by atoms with Crippen LogP contribution in [0, 0.1) is 0 Å². The van der Waals surface area contributed by atoms with Gasteiger partial charge in [0, 0.05) is 6.04 Å². The Morgan fingerprint density at radius 1 is 1.24 bits per heavy atom. The molecule has 0 radical (unpaired) electrons. The van der Waals surface area contributed by atoms with Gasteiger partial charge < -0.3 is 5.32 Å². The number of hydrogen-bond donors (Lipinski definition) is 1. The molecular weight excluding hydrogens is 206 g/mol. The minimum absolute atomic E-state index is 0.607. The summed E-state index contributed by atoms with van der Waals surface area (Å²) >= 11 is 0. The number of hydrogen-bond acceptors (Lipinski definition) is 1. The number of nitrogens with one attached hydrogen (secondary N) is 1. The molecule has 0 spiro atoms. The maximum atomic E-state index is 3.70. The van der Waals surface area contributed by atoms with Gasteiger partial charge in [-0.2, -0.15) is 0 Å². The van der Waals surface area contributed by atoms with E-state index in [1.807, 2.05) is 0 Å². The monoisotopic (exact) mass is 231 g/mol. The van der Waals surface area contributed by atoms with Crippen LogP contribution in [0.15, 0.2) is 18.2 Å². The zero-order valence-corrected chi connectivity index (χ0v) is 11.3. The van der Waals surface area contributed by atoms with E-state index in [0.29, 0.717) is 6.04 Å². The van der Waals surface area contributed by atoms with Gasteiger partial charge in [-0.3, -0.25) is 0 Å². The largest absolute Gasteiger partial charge is 0.310 e. The summed E-state index contributed by atoms with van der Waals surface area (Å²) in [6.07, 6.45) is 7.59. The minimum Gasteiger partial charge on any atom is -0.310 e. The molecule has 0 aliphatic heterocycles. The molecule has 1 N–H and O–H groups in total. The van der Waals surface area contributed by atoms with Crippen LogP contribution in [0.5, 0.6) is 0 Å². The fourth-order valence-corrected chi connectivity index (χ4v) is 2.82. The summed E-state index contributed by atoms with van der Waals surface area (Å²) in [5.74, 6) is 0. The Labute approximate surface area is 106 Å². The van der Waals surface area contributed by atoms with Gasteiger partial charge in [-0.1, -0.05) is 38.5 Å². The second-order valence-corrected chi connectivity index (χ2v) is 5.18. The van der Waals surface area contributed by atoms with Crippen LogP contribution < -0.4 is 5.32 Å². The van der Waals surface area contributed by atoms with E-state index in [-0.39, 0.29) is 0 Å². The summed E-state index contributed by atoms with van der Waals surface area (Å²) < 4.78 is 0. The van der Waals surface area contributed by atoms with E-state index in [4.69, 9.17) is 0 Å². The van der Waals surface area contributed by atoms with Gasteiger partial charge in [-0.05, 0) is 55.3 Å². The van der Waals surface area contributed by atoms with Crippen molar-refractivity contribution in [3.63, 3.8) is 0 Å². The van der Waals surface area contributed by atoms with Gasteiger partial charge in [0.1, 0.15) is 0 Å². The minimum atomic E-state index is 0.607. The van der Waals surface area contributed by atoms with Crippen molar-refractivity contribution in [2.45, 2.75) is 58.4 Å². The summed E-state index contributed by atoms with van der Waals surface area (Å²) in [7, 11) is 0. The molecule has 94 valence electrons. The lowest BCUT2D eigenvalue weighted by atomic mass is 9.86. The van der Waals surface area contributed by atoms with Crippen LogP contribution >= 0.6 is 0 Å². The van der Waals surface area contributed by atoms with E-state index < -0.39 is 0 Å². The van der Waals surface area contributed by atoms with Crippen molar-refractivity contribution in [1.82, 2.24) is 5.32 Å². The molecule has 0 amide bonds. The normalized spacial score (nSPS) is 19.1. The molecule has 1 aliphatic rings. The van der Waals surface area contributed by atoms with Crippen molar-refractivity contribution in [3.05, 3.63) is 34.9 Å². The van der Waals surface area contributed by atoms with Crippen LogP contribution in [-0.4, -0.2) is 6.54 Å². The van der Waals surface area contributed by atoms with E-state index >= 15 is 0 Å².